The number of ether oxygens (including phenoxy) is 1. The van der Waals surface area contributed by atoms with E-state index in [4.69, 9.17) is 4.74 Å². The van der Waals surface area contributed by atoms with Crippen molar-refractivity contribution in [2.75, 3.05) is 6.61 Å². The van der Waals surface area contributed by atoms with Gasteiger partial charge in [-0.1, -0.05) is 32.9 Å². The van der Waals surface area contributed by atoms with Gasteiger partial charge in [0, 0.05) is 12.1 Å². The van der Waals surface area contributed by atoms with Crippen LogP contribution in [0.1, 0.15) is 27.7 Å². The Morgan fingerprint density at radius 1 is 1.21 bits per heavy atom. The van der Waals surface area contributed by atoms with Crippen LogP contribution in [-0.4, -0.2) is 16.2 Å². The van der Waals surface area contributed by atoms with Gasteiger partial charge in [0.15, 0.2) is 0 Å². The van der Waals surface area contributed by atoms with Crippen LogP contribution in [0.5, 0.6) is 5.75 Å². The van der Waals surface area contributed by atoms with Crippen LogP contribution < -0.4 is 4.74 Å². The lowest BCUT2D eigenvalue weighted by Crippen LogP contribution is -2.15. The monoisotopic (exact) mass is 258 g/mol. The van der Waals surface area contributed by atoms with Crippen molar-refractivity contribution in [1.82, 2.24) is 9.55 Å². The molecule has 0 spiro atoms. The fraction of sp³-hybridized carbons (Fsp3) is 0.438. The van der Waals surface area contributed by atoms with E-state index < -0.39 is 0 Å². The maximum Gasteiger partial charge on any atom is 0.128 e. The molecule has 0 amide bonds. The molecule has 0 saturated carbocycles. The predicted molar refractivity (Wildman–Crippen MR) is 78.3 cm³/mol. The number of benzene rings is 1. The number of nitrogens with zero attached hydrogens (tertiary/aromatic N) is 2. The summed E-state index contributed by atoms with van der Waals surface area (Å²) in [5.74, 6) is 0.917. The minimum atomic E-state index is 0.218. The highest BCUT2D eigenvalue weighted by Crippen LogP contribution is 2.31. The van der Waals surface area contributed by atoms with E-state index >= 15 is 0 Å². The Labute approximate surface area is 115 Å². The van der Waals surface area contributed by atoms with Crippen LogP contribution in [0.2, 0.25) is 0 Å². The highest BCUT2D eigenvalue weighted by atomic mass is 16.5. The van der Waals surface area contributed by atoms with Crippen molar-refractivity contribution >= 4 is 0 Å². The van der Waals surface area contributed by atoms with Gasteiger partial charge < -0.3 is 9.30 Å². The lowest BCUT2D eigenvalue weighted by Gasteiger charge is -2.21. The van der Waals surface area contributed by atoms with Crippen LogP contribution >= 0.6 is 0 Å². The summed E-state index contributed by atoms with van der Waals surface area (Å²) >= 11 is 0. The first-order valence-corrected chi connectivity index (χ1v) is 6.73. The van der Waals surface area contributed by atoms with Crippen LogP contribution in [0.3, 0.4) is 0 Å². The normalized spacial score (nSPS) is 11.6. The van der Waals surface area contributed by atoms with E-state index in [0.717, 1.165) is 23.6 Å². The average Bonchev–Trinajstić information content (AvgIpc) is 2.76. The third-order valence-electron chi connectivity index (χ3n) is 2.82. The Hall–Kier alpha value is -1.77. The molecule has 0 fully saturated rings. The number of imidazole rings is 1. The highest BCUT2D eigenvalue weighted by Gasteiger charge is 2.16. The molecule has 0 aliphatic carbocycles. The van der Waals surface area contributed by atoms with E-state index in [1.807, 2.05) is 37.6 Å². The molecule has 3 heteroatoms. The number of para-hydroxylation sites is 1. The van der Waals surface area contributed by atoms with Gasteiger partial charge in [0.1, 0.15) is 5.75 Å². The molecule has 0 aliphatic heterocycles. The molecule has 2 aromatic rings. The fourth-order valence-corrected chi connectivity index (χ4v) is 2.14. The van der Waals surface area contributed by atoms with Crippen molar-refractivity contribution in [3.8, 4) is 17.0 Å². The van der Waals surface area contributed by atoms with Gasteiger partial charge in [-0.15, -0.1) is 0 Å². The van der Waals surface area contributed by atoms with Gasteiger partial charge in [-0.2, -0.15) is 0 Å². The zero-order valence-corrected chi connectivity index (χ0v) is 12.2. The molecule has 102 valence electrons. The molecule has 3 nitrogen and oxygen atoms in total. The maximum atomic E-state index is 5.70. The fourth-order valence-electron chi connectivity index (χ4n) is 2.14. The second-order valence-corrected chi connectivity index (χ2v) is 5.90. The van der Waals surface area contributed by atoms with Gasteiger partial charge in [-0.3, -0.25) is 0 Å². The minimum Gasteiger partial charge on any atom is -0.493 e. The molecular formula is C16H22N2O. The minimum absolute atomic E-state index is 0.218. The van der Waals surface area contributed by atoms with E-state index in [1.54, 1.807) is 0 Å². The van der Waals surface area contributed by atoms with E-state index in [-0.39, 0.29) is 5.41 Å². The first-order chi connectivity index (χ1) is 9.01. The molecule has 0 atom stereocenters. The molecule has 0 N–H and O–H groups in total. The van der Waals surface area contributed by atoms with Gasteiger partial charge in [0.25, 0.3) is 0 Å². The summed E-state index contributed by atoms with van der Waals surface area (Å²) in [6, 6.07) is 8.12. The summed E-state index contributed by atoms with van der Waals surface area (Å²) in [7, 11) is 0. The lowest BCUT2D eigenvalue weighted by molar-refractivity contribution is 0.337. The zero-order chi connectivity index (χ0) is 13.9. The first-order valence-electron chi connectivity index (χ1n) is 6.73. The van der Waals surface area contributed by atoms with Crippen LogP contribution in [0.25, 0.3) is 11.3 Å². The Bertz CT molecular complexity index is 538. The average molecular weight is 258 g/mol. The van der Waals surface area contributed by atoms with Gasteiger partial charge in [-0.25, -0.2) is 4.98 Å². The van der Waals surface area contributed by atoms with Gasteiger partial charge in [0.05, 0.1) is 24.8 Å². The molecule has 1 heterocycles. The number of aromatic nitrogens is 2. The topological polar surface area (TPSA) is 27.1 Å². The summed E-state index contributed by atoms with van der Waals surface area (Å²) in [6.45, 7) is 10.3. The second-order valence-electron chi connectivity index (χ2n) is 5.90. The Kier molecular flexibility index (Phi) is 3.93. The van der Waals surface area contributed by atoms with E-state index in [0.29, 0.717) is 6.61 Å². The van der Waals surface area contributed by atoms with E-state index in [1.165, 1.54) is 0 Å². The van der Waals surface area contributed by atoms with Crippen LogP contribution in [-0.2, 0) is 6.54 Å². The Morgan fingerprint density at radius 2 is 1.95 bits per heavy atom. The predicted octanol–water partition coefficient (Wildman–Crippen LogP) is 3.99. The van der Waals surface area contributed by atoms with Crippen molar-refractivity contribution in [2.45, 2.75) is 34.2 Å². The Balaban J connectivity index is 2.40. The summed E-state index contributed by atoms with van der Waals surface area (Å²) in [4.78, 5) is 4.29. The third-order valence-corrected chi connectivity index (χ3v) is 2.82. The molecular weight excluding hydrogens is 236 g/mol. The SMILES string of the molecule is CCOc1ccccc1-c1cncn1CC(C)(C)C. The van der Waals surface area contributed by atoms with Crippen molar-refractivity contribution < 1.29 is 4.74 Å². The largest absolute Gasteiger partial charge is 0.493 e. The molecule has 1 aromatic carbocycles. The molecule has 0 radical (unpaired) electrons. The molecule has 0 unspecified atom stereocenters. The summed E-state index contributed by atoms with van der Waals surface area (Å²) in [5, 5.41) is 0. The summed E-state index contributed by atoms with van der Waals surface area (Å²) < 4.78 is 7.90. The van der Waals surface area contributed by atoms with E-state index in [2.05, 4.69) is 36.4 Å². The molecule has 0 aliphatic rings. The first kappa shape index (κ1) is 13.7. The van der Waals surface area contributed by atoms with Crippen molar-refractivity contribution in [3.05, 3.63) is 36.8 Å². The molecule has 19 heavy (non-hydrogen) atoms. The third kappa shape index (κ3) is 3.37. The van der Waals surface area contributed by atoms with E-state index in [9.17, 15) is 0 Å². The maximum absolute atomic E-state index is 5.70. The summed E-state index contributed by atoms with van der Waals surface area (Å²) in [5.41, 5.74) is 2.43. The second kappa shape index (κ2) is 5.47. The molecule has 0 bridgehead atoms. The number of hydrogen-bond acceptors (Lipinski definition) is 2. The van der Waals surface area contributed by atoms with Crippen molar-refractivity contribution in [3.63, 3.8) is 0 Å². The Morgan fingerprint density at radius 3 is 2.63 bits per heavy atom. The quantitative estimate of drug-likeness (QED) is 0.829. The number of rotatable bonds is 4. The van der Waals surface area contributed by atoms with Crippen LogP contribution in [0.4, 0.5) is 0 Å². The summed E-state index contributed by atoms with van der Waals surface area (Å²) in [6.07, 6.45) is 3.80. The van der Waals surface area contributed by atoms with Crippen LogP contribution in [0.15, 0.2) is 36.8 Å². The highest BCUT2D eigenvalue weighted by molar-refractivity contribution is 5.67. The molecule has 2 rings (SSSR count). The van der Waals surface area contributed by atoms with Gasteiger partial charge >= 0.3 is 0 Å². The van der Waals surface area contributed by atoms with Crippen molar-refractivity contribution in [1.29, 1.82) is 0 Å². The van der Waals surface area contributed by atoms with Gasteiger partial charge in [-0.05, 0) is 24.5 Å². The van der Waals surface area contributed by atoms with Crippen molar-refractivity contribution in [2.24, 2.45) is 5.41 Å². The standard InChI is InChI=1S/C16H22N2O/c1-5-19-15-9-7-6-8-13(15)14-10-17-12-18(14)11-16(2,3)4/h6-10,12H,5,11H2,1-4H3. The lowest BCUT2D eigenvalue weighted by atomic mass is 9.96. The number of hydrogen-bond donors (Lipinski definition) is 0. The van der Waals surface area contributed by atoms with Gasteiger partial charge in [0.2, 0.25) is 0 Å². The smallest absolute Gasteiger partial charge is 0.128 e. The van der Waals surface area contributed by atoms with Crippen LogP contribution in [0, 0.1) is 5.41 Å². The zero-order valence-electron chi connectivity index (χ0n) is 12.2. The molecule has 0 saturated heterocycles. The molecule has 1 aromatic heterocycles.